The van der Waals surface area contributed by atoms with Crippen molar-refractivity contribution in [2.24, 2.45) is 10.9 Å². The van der Waals surface area contributed by atoms with Gasteiger partial charge in [-0.1, -0.05) is 55.1 Å². The molecule has 1 aromatic carbocycles. The Bertz CT molecular complexity index is 933. The van der Waals surface area contributed by atoms with Crippen LogP contribution in [0.3, 0.4) is 0 Å². The summed E-state index contributed by atoms with van der Waals surface area (Å²) in [5, 5.41) is 7.31. The molecule has 1 heterocycles. The van der Waals surface area contributed by atoms with Gasteiger partial charge in [-0.15, -0.1) is 0 Å². The molecule has 1 saturated carbocycles. The molecule has 7 heteroatoms. The number of aliphatic imine (C=N–C) groups is 1. The lowest BCUT2D eigenvalue weighted by Gasteiger charge is -2.25. The van der Waals surface area contributed by atoms with Crippen molar-refractivity contribution in [2.75, 3.05) is 11.9 Å². The monoisotopic (exact) mass is 442 g/mol. The Morgan fingerprint density at radius 1 is 1.23 bits per heavy atom. The number of benzodiazepines with no additional fused rings is 1. The molecule has 0 unspecified atom stereocenters. The third-order valence-corrected chi connectivity index (χ3v) is 6.59. The van der Waals surface area contributed by atoms with Crippen molar-refractivity contribution >= 4 is 46.2 Å². The first-order chi connectivity index (χ1) is 14.5. The van der Waals surface area contributed by atoms with Gasteiger partial charge in [0.2, 0.25) is 6.17 Å². The maximum absolute atomic E-state index is 13.2. The number of amides is 1. The summed E-state index contributed by atoms with van der Waals surface area (Å²) in [4.78, 5) is 19.9. The zero-order valence-electron chi connectivity index (χ0n) is 17.2. The molecule has 30 heavy (non-hydrogen) atoms. The molecule has 3 aliphatic rings. The summed E-state index contributed by atoms with van der Waals surface area (Å²) >= 11 is 11.8. The van der Waals surface area contributed by atoms with Gasteiger partial charge in [-0.05, 0) is 50.0 Å². The molecule has 4 rings (SSSR count). The normalized spacial score (nSPS) is 22.3. The van der Waals surface area contributed by atoms with Gasteiger partial charge in [0.1, 0.15) is 0 Å². The van der Waals surface area contributed by atoms with Crippen LogP contribution in [0, 0.1) is 5.92 Å². The highest BCUT2D eigenvalue weighted by Gasteiger charge is 2.33. The van der Waals surface area contributed by atoms with Crippen LogP contribution in [-0.4, -0.2) is 29.9 Å². The number of fused-ring (bicyclic) bond motifs is 1. The summed E-state index contributed by atoms with van der Waals surface area (Å²) in [6, 6.07) is 8.04. The number of halogens is 1. The van der Waals surface area contributed by atoms with Gasteiger partial charge in [0.25, 0.3) is 5.91 Å². The lowest BCUT2D eigenvalue weighted by Crippen LogP contribution is -2.49. The Hall–Kier alpha value is -2.18. The molecule has 0 aromatic heterocycles. The third kappa shape index (κ3) is 4.44. The predicted octanol–water partition coefficient (Wildman–Crippen LogP) is 4.62. The summed E-state index contributed by atoms with van der Waals surface area (Å²) in [5.41, 5.74) is 3.83. The number of carbonyl (C=O) groups excluding carboxylic acids is 1. The fourth-order valence-corrected chi connectivity index (χ4v) is 4.86. The lowest BCUT2D eigenvalue weighted by molar-refractivity contribution is -0.119. The molecule has 1 aliphatic heterocycles. The van der Waals surface area contributed by atoms with Crippen LogP contribution in [0.5, 0.6) is 0 Å². The van der Waals surface area contributed by atoms with Crippen LogP contribution in [-0.2, 0) is 4.79 Å². The fourth-order valence-electron chi connectivity index (χ4n) is 4.40. The number of para-hydroxylation sites is 1. The van der Waals surface area contributed by atoms with Crippen molar-refractivity contribution < 1.29 is 4.79 Å². The number of hydrogen-bond acceptors (Lipinski definition) is 3. The zero-order valence-corrected chi connectivity index (χ0v) is 18.7. The molecule has 1 fully saturated rings. The second kappa shape index (κ2) is 9.31. The first-order valence-corrected chi connectivity index (χ1v) is 11.4. The van der Waals surface area contributed by atoms with Gasteiger partial charge in [0.15, 0.2) is 5.11 Å². The zero-order chi connectivity index (χ0) is 21.1. The standard InChI is InChI=1S/C23H27ClN4OS/c1-28-19-14-8-5-11-16(19)20(15-9-3-2-4-10-15)26-21(22(28)29)27-23(30)25-18-13-7-6-12-17(18)24/h5-6,8,11-12,14-15,21H,2-4,7,9-10,13H2,1H3,(H2,25,27,30)/t21-/m0/s1. The maximum Gasteiger partial charge on any atom is 0.272 e. The number of allylic oxidation sites excluding steroid dienone is 4. The Balaban J connectivity index is 1.62. The van der Waals surface area contributed by atoms with Crippen LogP contribution < -0.4 is 15.5 Å². The van der Waals surface area contributed by atoms with E-state index in [-0.39, 0.29) is 5.91 Å². The topological polar surface area (TPSA) is 56.7 Å². The van der Waals surface area contributed by atoms with E-state index in [2.05, 4.69) is 16.7 Å². The van der Waals surface area contributed by atoms with E-state index in [9.17, 15) is 4.79 Å². The van der Waals surface area contributed by atoms with Gasteiger partial charge < -0.3 is 15.5 Å². The van der Waals surface area contributed by atoms with Crippen LogP contribution >= 0.6 is 23.8 Å². The number of benzene rings is 1. The molecule has 158 valence electrons. The van der Waals surface area contributed by atoms with Crippen molar-refractivity contribution in [2.45, 2.75) is 51.1 Å². The number of likely N-dealkylation sites (N-methyl/N-ethyl adjacent to an activating group) is 1. The first kappa shape index (κ1) is 21.1. The Labute approximate surface area is 188 Å². The second-order valence-electron chi connectivity index (χ2n) is 8.03. The largest absolute Gasteiger partial charge is 0.335 e. The molecule has 0 radical (unpaired) electrons. The van der Waals surface area contributed by atoms with Crippen LogP contribution in [0.1, 0.15) is 50.5 Å². The average Bonchev–Trinajstić information content (AvgIpc) is 2.87. The molecular weight excluding hydrogens is 416 g/mol. The molecule has 0 spiro atoms. The highest BCUT2D eigenvalue weighted by Crippen LogP contribution is 2.33. The first-order valence-electron chi connectivity index (χ1n) is 10.6. The van der Waals surface area contributed by atoms with E-state index in [4.69, 9.17) is 28.8 Å². The number of nitrogens with one attached hydrogen (secondary N) is 2. The second-order valence-corrected chi connectivity index (χ2v) is 8.85. The molecular formula is C23H27ClN4OS. The molecule has 0 bridgehead atoms. The molecule has 5 nitrogen and oxygen atoms in total. The number of carbonyl (C=O) groups is 1. The van der Waals surface area contributed by atoms with Crippen molar-refractivity contribution in [3.63, 3.8) is 0 Å². The summed E-state index contributed by atoms with van der Waals surface area (Å²) in [6.07, 6.45) is 10.7. The van der Waals surface area contributed by atoms with E-state index in [1.54, 1.807) is 11.9 Å². The molecule has 1 aromatic rings. The van der Waals surface area contributed by atoms with Crippen LogP contribution in [0.15, 0.2) is 52.1 Å². The summed E-state index contributed by atoms with van der Waals surface area (Å²) in [5.74, 6) is 0.242. The van der Waals surface area contributed by atoms with Crippen molar-refractivity contribution in [3.05, 3.63) is 52.7 Å². The van der Waals surface area contributed by atoms with Crippen LogP contribution in [0.4, 0.5) is 5.69 Å². The van der Waals surface area contributed by atoms with Crippen molar-refractivity contribution in [1.82, 2.24) is 10.6 Å². The number of thiocarbonyl (C=S) groups is 1. The molecule has 2 N–H and O–H groups in total. The quantitative estimate of drug-likeness (QED) is 0.670. The maximum atomic E-state index is 13.2. The van der Waals surface area contributed by atoms with Gasteiger partial charge >= 0.3 is 0 Å². The molecule has 1 atom stereocenters. The van der Waals surface area contributed by atoms with E-state index in [1.807, 2.05) is 30.4 Å². The molecule has 2 aliphatic carbocycles. The smallest absolute Gasteiger partial charge is 0.272 e. The summed E-state index contributed by atoms with van der Waals surface area (Å²) < 4.78 is 0. The minimum Gasteiger partial charge on any atom is -0.335 e. The van der Waals surface area contributed by atoms with Gasteiger partial charge in [0.05, 0.1) is 16.4 Å². The van der Waals surface area contributed by atoms with E-state index >= 15 is 0 Å². The fraction of sp³-hybridized carbons (Fsp3) is 0.435. The summed E-state index contributed by atoms with van der Waals surface area (Å²) in [7, 11) is 1.80. The number of anilines is 1. The van der Waals surface area contributed by atoms with Crippen molar-refractivity contribution in [1.29, 1.82) is 0 Å². The van der Waals surface area contributed by atoms with E-state index in [1.165, 1.54) is 19.3 Å². The molecule has 0 saturated heterocycles. The highest BCUT2D eigenvalue weighted by atomic mass is 35.5. The number of rotatable bonds is 3. The minimum atomic E-state index is -0.766. The van der Waals surface area contributed by atoms with E-state index in [0.29, 0.717) is 16.1 Å². The lowest BCUT2D eigenvalue weighted by atomic mass is 9.83. The predicted molar refractivity (Wildman–Crippen MR) is 127 cm³/mol. The van der Waals surface area contributed by atoms with Gasteiger partial charge in [-0.2, -0.15) is 0 Å². The van der Waals surface area contributed by atoms with E-state index in [0.717, 1.165) is 48.3 Å². The van der Waals surface area contributed by atoms with Gasteiger partial charge in [-0.3, -0.25) is 9.79 Å². The third-order valence-electron chi connectivity index (χ3n) is 6.01. The average molecular weight is 443 g/mol. The highest BCUT2D eigenvalue weighted by molar-refractivity contribution is 7.80. The Morgan fingerprint density at radius 2 is 2.00 bits per heavy atom. The van der Waals surface area contributed by atoms with Crippen LogP contribution in [0.2, 0.25) is 0 Å². The van der Waals surface area contributed by atoms with Gasteiger partial charge in [-0.25, -0.2) is 0 Å². The van der Waals surface area contributed by atoms with Crippen LogP contribution in [0.25, 0.3) is 0 Å². The number of hydrogen-bond donors (Lipinski definition) is 2. The number of nitrogens with zero attached hydrogens (tertiary/aromatic N) is 2. The summed E-state index contributed by atoms with van der Waals surface area (Å²) in [6.45, 7) is 0. The minimum absolute atomic E-state index is 0.124. The Morgan fingerprint density at radius 3 is 2.77 bits per heavy atom. The molecule has 1 amide bonds. The Kier molecular flexibility index (Phi) is 6.54. The van der Waals surface area contributed by atoms with Gasteiger partial charge in [0, 0.05) is 24.2 Å². The van der Waals surface area contributed by atoms with Crippen molar-refractivity contribution in [3.8, 4) is 0 Å². The SMILES string of the molecule is CN1C(=O)[C@H](NC(=S)NC2=C(Cl)C=CCC2)N=C(C2CCCCC2)c2ccccc21. The van der Waals surface area contributed by atoms with E-state index < -0.39 is 6.17 Å².